The molecule has 0 aliphatic heterocycles. The van der Waals surface area contributed by atoms with E-state index in [1.807, 2.05) is 36.4 Å². The molecular formula is C33H28N8O6S. The molecule has 0 bridgehead atoms. The number of aryl methyl sites for hydroxylation is 1. The SMILES string of the molecule is CC1=C/C(=N/Nc2ccc(-c3ccc(N=Nc4c(N)c(C)cc(N=Nc5ccc(S(=O)(=O)O)cc5)c4N)cc3)cc2)C=C(C(=O)O)C1=O. The number of nitrogens with two attached hydrogens (primary N) is 2. The first-order valence-corrected chi connectivity index (χ1v) is 15.6. The van der Waals surface area contributed by atoms with Crippen molar-refractivity contribution in [2.24, 2.45) is 25.6 Å². The molecule has 0 saturated carbocycles. The van der Waals surface area contributed by atoms with E-state index in [4.69, 9.17) is 16.0 Å². The molecule has 242 valence electrons. The number of nitrogens with zero attached hydrogens (tertiary/aromatic N) is 5. The first-order chi connectivity index (χ1) is 22.8. The third-order valence-corrected chi connectivity index (χ3v) is 7.99. The molecule has 4 aromatic rings. The molecule has 4 aromatic carbocycles. The van der Waals surface area contributed by atoms with Gasteiger partial charge in [0.25, 0.3) is 10.1 Å². The average Bonchev–Trinajstić information content (AvgIpc) is 3.06. The summed E-state index contributed by atoms with van der Waals surface area (Å²) in [5.41, 5.74) is 20.7. The highest BCUT2D eigenvalue weighted by Crippen LogP contribution is 2.41. The third kappa shape index (κ3) is 7.55. The van der Waals surface area contributed by atoms with E-state index in [2.05, 4.69) is 31.0 Å². The number of Topliss-reactive ketones (excluding diaryl/α,β-unsaturated/α-hetero) is 1. The maximum Gasteiger partial charge on any atom is 0.339 e. The van der Waals surface area contributed by atoms with E-state index in [1.165, 1.54) is 43.3 Å². The number of allylic oxidation sites excluding steroid dienone is 3. The summed E-state index contributed by atoms with van der Waals surface area (Å²) in [6.45, 7) is 3.30. The molecule has 5 rings (SSSR count). The van der Waals surface area contributed by atoms with Crippen LogP contribution < -0.4 is 16.9 Å². The van der Waals surface area contributed by atoms with Crippen molar-refractivity contribution < 1.29 is 27.7 Å². The van der Waals surface area contributed by atoms with Gasteiger partial charge in [-0.1, -0.05) is 24.3 Å². The Kier molecular flexibility index (Phi) is 9.35. The van der Waals surface area contributed by atoms with Gasteiger partial charge in [0.15, 0.2) is 5.78 Å². The van der Waals surface area contributed by atoms with Gasteiger partial charge in [-0.2, -0.15) is 23.7 Å². The lowest BCUT2D eigenvalue weighted by molar-refractivity contribution is -0.134. The van der Waals surface area contributed by atoms with E-state index in [0.717, 1.165) is 11.1 Å². The average molecular weight is 665 g/mol. The normalized spacial score (nSPS) is 14.4. The minimum absolute atomic E-state index is 0.150. The van der Waals surface area contributed by atoms with Crippen molar-refractivity contribution in [3.63, 3.8) is 0 Å². The first kappa shape index (κ1) is 33.1. The van der Waals surface area contributed by atoms with Gasteiger partial charge >= 0.3 is 5.97 Å². The number of hydrogen-bond acceptors (Lipinski definition) is 12. The molecule has 15 heteroatoms. The van der Waals surface area contributed by atoms with Gasteiger partial charge in [0, 0.05) is 0 Å². The van der Waals surface area contributed by atoms with Crippen LogP contribution in [0.3, 0.4) is 0 Å². The zero-order valence-electron chi connectivity index (χ0n) is 25.5. The number of carboxylic acids is 1. The summed E-state index contributed by atoms with van der Waals surface area (Å²) in [7, 11) is -4.33. The topological polar surface area (TPSA) is 235 Å². The van der Waals surface area contributed by atoms with Crippen molar-refractivity contribution in [2.75, 3.05) is 16.9 Å². The van der Waals surface area contributed by atoms with Crippen molar-refractivity contribution in [1.82, 2.24) is 0 Å². The van der Waals surface area contributed by atoms with Crippen LogP contribution in [0.2, 0.25) is 0 Å². The maximum atomic E-state index is 12.0. The predicted octanol–water partition coefficient (Wildman–Crippen LogP) is 7.21. The van der Waals surface area contributed by atoms with Crippen molar-refractivity contribution in [1.29, 1.82) is 0 Å². The Morgan fingerprint density at radius 1 is 0.771 bits per heavy atom. The number of hydrazone groups is 1. The van der Waals surface area contributed by atoms with E-state index in [0.29, 0.717) is 34.0 Å². The lowest BCUT2D eigenvalue weighted by Crippen LogP contribution is -2.19. The van der Waals surface area contributed by atoms with Crippen LogP contribution in [0.5, 0.6) is 0 Å². The molecule has 48 heavy (non-hydrogen) atoms. The number of nitrogens with one attached hydrogen (secondary N) is 1. The van der Waals surface area contributed by atoms with Gasteiger partial charge in [0.2, 0.25) is 0 Å². The van der Waals surface area contributed by atoms with Crippen LogP contribution >= 0.6 is 0 Å². The number of aliphatic carboxylic acids is 1. The number of rotatable bonds is 9. The molecular weight excluding hydrogens is 636 g/mol. The number of ketones is 1. The zero-order valence-corrected chi connectivity index (χ0v) is 26.3. The van der Waals surface area contributed by atoms with Gasteiger partial charge in [-0.05, 0) is 103 Å². The van der Waals surface area contributed by atoms with Gasteiger partial charge in [-0.15, -0.1) is 10.2 Å². The molecule has 0 saturated heterocycles. The Hall–Kier alpha value is -6.32. The highest BCUT2D eigenvalue weighted by Gasteiger charge is 2.23. The van der Waals surface area contributed by atoms with Crippen molar-refractivity contribution in [2.45, 2.75) is 18.7 Å². The molecule has 7 N–H and O–H groups in total. The molecule has 0 spiro atoms. The summed E-state index contributed by atoms with van der Waals surface area (Å²) in [6.07, 6.45) is 2.74. The molecule has 0 aromatic heterocycles. The third-order valence-electron chi connectivity index (χ3n) is 7.13. The zero-order chi connectivity index (χ0) is 34.6. The number of carboxylic acid groups (broad SMARTS) is 1. The molecule has 0 amide bonds. The second-order valence-electron chi connectivity index (χ2n) is 10.5. The Morgan fingerprint density at radius 2 is 1.33 bits per heavy atom. The van der Waals surface area contributed by atoms with Crippen LogP contribution in [-0.4, -0.2) is 35.5 Å². The van der Waals surface area contributed by atoms with Gasteiger partial charge in [0.1, 0.15) is 16.9 Å². The largest absolute Gasteiger partial charge is 0.478 e. The van der Waals surface area contributed by atoms with E-state index < -0.39 is 21.9 Å². The number of anilines is 3. The van der Waals surface area contributed by atoms with Crippen LogP contribution in [0.15, 0.2) is 133 Å². The summed E-state index contributed by atoms with van der Waals surface area (Å²) in [5, 5.41) is 30.3. The van der Waals surface area contributed by atoms with Crippen LogP contribution in [-0.2, 0) is 19.7 Å². The highest BCUT2D eigenvalue weighted by molar-refractivity contribution is 7.85. The van der Waals surface area contributed by atoms with Gasteiger partial charge in [0.05, 0.1) is 39.0 Å². The second kappa shape index (κ2) is 13.6. The number of carbonyl (C=O) groups is 2. The number of carbonyl (C=O) groups excluding carboxylic acids is 1. The van der Waals surface area contributed by atoms with Gasteiger partial charge in [-0.3, -0.25) is 14.8 Å². The molecule has 0 unspecified atom stereocenters. The molecule has 0 fully saturated rings. The Bertz CT molecular complexity index is 2190. The van der Waals surface area contributed by atoms with Gasteiger partial charge in [-0.25, -0.2) is 4.79 Å². The Balaban J connectivity index is 1.28. The van der Waals surface area contributed by atoms with E-state index >= 15 is 0 Å². The molecule has 14 nitrogen and oxygen atoms in total. The lowest BCUT2D eigenvalue weighted by atomic mass is 9.97. The van der Waals surface area contributed by atoms with Crippen LogP contribution in [0.4, 0.5) is 39.8 Å². The minimum atomic E-state index is -4.33. The van der Waals surface area contributed by atoms with Crippen LogP contribution in [0.25, 0.3) is 11.1 Å². The van der Waals surface area contributed by atoms with Crippen molar-refractivity contribution in [3.05, 3.63) is 108 Å². The fourth-order valence-electron chi connectivity index (χ4n) is 4.47. The summed E-state index contributed by atoms with van der Waals surface area (Å²) in [5.74, 6) is -1.84. The Morgan fingerprint density at radius 3 is 1.92 bits per heavy atom. The summed E-state index contributed by atoms with van der Waals surface area (Å²) >= 11 is 0. The number of nitrogen functional groups attached to an aromatic ring is 2. The summed E-state index contributed by atoms with van der Waals surface area (Å²) in [6, 6.07) is 21.5. The molecule has 1 aliphatic carbocycles. The summed E-state index contributed by atoms with van der Waals surface area (Å²) < 4.78 is 31.7. The van der Waals surface area contributed by atoms with Crippen molar-refractivity contribution >= 4 is 67.4 Å². The van der Waals surface area contributed by atoms with Gasteiger partial charge < -0.3 is 16.6 Å². The molecule has 1 aliphatic rings. The predicted molar refractivity (Wildman–Crippen MR) is 182 cm³/mol. The highest BCUT2D eigenvalue weighted by atomic mass is 32.2. The van der Waals surface area contributed by atoms with Crippen LogP contribution in [0.1, 0.15) is 12.5 Å². The molecule has 0 atom stereocenters. The van der Waals surface area contributed by atoms with E-state index in [9.17, 15) is 23.1 Å². The molecule has 0 radical (unpaired) electrons. The van der Waals surface area contributed by atoms with E-state index in [-0.39, 0.29) is 33.1 Å². The van der Waals surface area contributed by atoms with Crippen molar-refractivity contribution in [3.8, 4) is 11.1 Å². The minimum Gasteiger partial charge on any atom is -0.478 e. The number of hydrogen-bond donors (Lipinski definition) is 5. The quantitative estimate of drug-likeness (QED) is 0.0303. The second-order valence-corrected chi connectivity index (χ2v) is 12.0. The standard InChI is InChI=1S/C33H28N8O6S/c1-18-16-28(40-37-24-11-13-26(14-12-24)48(45,46)47)30(35)31(29(18)34)41-38-23-9-5-21(6-10-23)20-3-7-22(8-4-20)36-39-25-15-19(2)32(42)27(17-25)33(43)44/h3-17,36H,34-35H2,1-2H3,(H,43,44)(H,45,46,47)/b39-25-,40-37?,41-38?. The maximum absolute atomic E-state index is 12.0. The molecule has 0 heterocycles. The number of azo groups is 2. The van der Waals surface area contributed by atoms with Crippen LogP contribution in [0, 0.1) is 6.92 Å². The lowest BCUT2D eigenvalue weighted by Gasteiger charge is -2.10. The summed E-state index contributed by atoms with van der Waals surface area (Å²) in [4.78, 5) is 23.1. The fraction of sp³-hybridized carbons (Fsp3) is 0.0606. The monoisotopic (exact) mass is 664 g/mol. The smallest absolute Gasteiger partial charge is 0.339 e. The van der Waals surface area contributed by atoms with E-state index in [1.54, 1.807) is 25.1 Å². The first-order valence-electron chi connectivity index (χ1n) is 14.1. The number of benzene rings is 4. The Labute approximate surface area is 274 Å². The fourth-order valence-corrected chi connectivity index (χ4v) is 4.95.